The van der Waals surface area contributed by atoms with Crippen LogP contribution in [-0.2, 0) is 0 Å². The van der Waals surface area contributed by atoms with Crippen molar-refractivity contribution in [3.8, 4) is 6.07 Å². The van der Waals surface area contributed by atoms with Gasteiger partial charge in [-0.3, -0.25) is 0 Å². The van der Waals surface area contributed by atoms with Gasteiger partial charge in [-0.25, -0.2) is 4.79 Å². The molecule has 0 aliphatic carbocycles. The molecule has 1 atom stereocenters. The summed E-state index contributed by atoms with van der Waals surface area (Å²) in [5, 5.41) is 17.8. The zero-order valence-electron chi connectivity index (χ0n) is 9.84. The molecule has 1 rings (SSSR count). The highest BCUT2D eigenvalue weighted by Crippen LogP contribution is 2.28. The lowest BCUT2D eigenvalue weighted by atomic mass is 10.1. The molecule has 17 heavy (non-hydrogen) atoms. The van der Waals surface area contributed by atoms with E-state index in [0.717, 1.165) is 0 Å². The van der Waals surface area contributed by atoms with E-state index in [-0.39, 0.29) is 11.6 Å². The van der Waals surface area contributed by atoms with Gasteiger partial charge < -0.3 is 15.7 Å². The first-order valence-corrected chi connectivity index (χ1v) is 5.20. The summed E-state index contributed by atoms with van der Waals surface area (Å²) in [4.78, 5) is 12.8. The van der Waals surface area contributed by atoms with Gasteiger partial charge in [0.25, 0.3) is 0 Å². The molecule has 0 aliphatic rings. The van der Waals surface area contributed by atoms with E-state index in [1.165, 1.54) is 6.07 Å². The molecule has 0 heterocycles. The predicted molar refractivity (Wildman–Crippen MR) is 65.9 cm³/mol. The quantitative estimate of drug-likeness (QED) is 0.772. The van der Waals surface area contributed by atoms with Gasteiger partial charge in [-0.2, -0.15) is 5.26 Å². The minimum absolute atomic E-state index is 0.0946. The zero-order chi connectivity index (χ0) is 13.0. The fourth-order valence-electron chi connectivity index (χ4n) is 1.62. The normalized spacial score (nSPS) is 11.6. The summed E-state index contributed by atoms with van der Waals surface area (Å²) in [5.74, 6) is -1.02. The Kier molecular flexibility index (Phi) is 3.94. The van der Waals surface area contributed by atoms with Gasteiger partial charge in [0.05, 0.1) is 29.4 Å². The van der Waals surface area contributed by atoms with Crippen molar-refractivity contribution in [2.24, 2.45) is 0 Å². The zero-order valence-corrected chi connectivity index (χ0v) is 9.84. The third-order valence-corrected chi connectivity index (χ3v) is 2.70. The third-order valence-electron chi connectivity index (χ3n) is 2.70. The Bertz CT molecular complexity index is 465. The van der Waals surface area contributed by atoms with Crippen LogP contribution in [0.1, 0.15) is 23.7 Å². The van der Waals surface area contributed by atoms with Crippen LogP contribution in [0.4, 0.5) is 11.4 Å². The van der Waals surface area contributed by atoms with Gasteiger partial charge in [0.1, 0.15) is 0 Å². The van der Waals surface area contributed by atoms with Gasteiger partial charge in [0.15, 0.2) is 0 Å². The molecule has 5 heteroatoms. The molecule has 3 N–H and O–H groups in total. The SMILES string of the molecule is CC(CC#N)N(C)c1c(N)cccc1C(=O)O. The van der Waals surface area contributed by atoms with Crippen LogP contribution in [0.2, 0.25) is 0 Å². The largest absolute Gasteiger partial charge is 0.478 e. The molecule has 0 aliphatic heterocycles. The molecule has 0 spiro atoms. The highest BCUT2D eigenvalue weighted by molar-refractivity contribution is 5.98. The summed E-state index contributed by atoms with van der Waals surface area (Å²) in [6, 6.07) is 6.72. The number of carbonyl (C=O) groups is 1. The van der Waals surface area contributed by atoms with Crippen molar-refractivity contribution in [1.29, 1.82) is 5.26 Å². The monoisotopic (exact) mass is 233 g/mol. The maximum absolute atomic E-state index is 11.1. The van der Waals surface area contributed by atoms with Crippen LogP contribution in [-0.4, -0.2) is 24.2 Å². The first-order valence-electron chi connectivity index (χ1n) is 5.20. The molecular formula is C12H15N3O2. The van der Waals surface area contributed by atoms with E-state index < -0.39 is 5.97 Å². The van der Waals surface area contributed by atoms with Gasteiger partial charge in [0.2, 0.25) is 0 Å². The Morgan fingerprint density at radius 2 is 2.29 bits per heavy atom. The Balaban J connectivity index is 3.20. The van der Waals surface area contributed by atoms with Crippen LogP contribution in [0, 0.1) is 11.3 Å². The molecule has 1 unspecified atom stereocenters. The van der Waals surface area contributed by atoms with E-state index in [1.54, 1.807) is 24.1 Å². The van der Waals surface area contributed by atoms with E-state index in [9.17, 15) is 4.79 Å². The highest BCUT2D eigenvalue weighted by Gasteiger charge is 2.19. The standard InChI is InChI=1S/C12H15N3O2/c1-8(6-7-13)15(2)11-9(12(16)17)4-3-5-10(11)14/h3-5,8H,6,14H2,1-2H3,(H,16,17). The summed E-state index contributed by atoms with van der Waals surface area (Å²) in [7, 11) is 1.74. The number of aromatic carboxylic acids is 1. The molecule has 0 fully saturated rings. The lowest BCUT2D eigenvalue weighted by molar-refractivity contribution is 0.0697. The van der Waals surface area contributed by atoms with Gasteiger partial charge in [-0.15, -0.1) is 0 Å². The maximum atomic E-state index is 11.1. The fourth-order valence-corrected chi connectivity index (χ4v) is 1.62. The highest BCUT2D eigenvalue weighted by atomic mass is 16.4. The van der Waals surface area contributed by atoms with Crippen molar-refractivity contribution in [1.82, 2.24) is 0 Å². The summed E-state index contributed by atoms with van der Waals surface area (Å²) in [6.07, 6.45) is 0.309. The fraction of sp³-hybridized carbons (Fsp3) is 0.333. The Morgan fingerprint density at radius 1 is 1.65 bits per heavy atom. The number of hydrogen-bond acceptors (Lipinski definition) is 4. The number of benzene rings is 1. The minimum atomic E-state index is -1.02. The Hall–Kier alpha value is -2.22. The van der Waals surface area contributed by atoms with E-state index in [2.05, 4.69) is 6.07 Å². The van der Waals surface area contributed by atoms with E-state index >= 15 is 0 Å². The van der Waals surface area contributed by atoms with Crippen molar-refractivity contribution < 1.29 is 9.90 Å². The molecule has 1 aromatic carbocycles. The van der Waals surface area contributed by atoms with E-state index in [0.29, 0.717) is 17.8 Å². The Morgan fingerprint density at radius 3 is 2.82 bits per heavy atom. The van der Waals surface area contributed by atoms with Crippen LogP contribution in [0.5, 0.6) is 0 Å². The number of anilines is 2. The molecule has 90 valence electrons. The summed E-state index contributed by atoms with van der Waals surface area (Å²) in [5.41, 5.74) is 6.82. The van der Waals surface area contributed by atoms with Crippen LogP contribution in [0.3, 0.4) is 0 Å². The number of para-hydroxylation sites is 1. The summed E-state index contributed by atoms with van der Waals surface area (Å²) >= 11 is 0. The van der Waals surface area contributed by atoms with Gasteiger partial charge in [-0.1, -0.05) is 6.07 Å². The number of rotatable bonds is 4. The van der Waals surface area contributed by atoms with Crippen molar-refractivity contribution in [2.75, 3.05) is 17.7 Å². The van der Waals surface area contributed by atoms with Gasteiger partial charge >= 0.3 is 5.97 Å². The van der Waals surface area contributed by atoms with Crippen molar-refractivity contribution in [2.45, 2.75) is 19.4 Å². The van der Waals surface area contributed by atoms with Gasteiger partial charge in [0, 0.05) is 13.1 Å². The van der Waals surface area contributed by atoms with Crippen LogP contribution in [0.25, 0.3) is 0 Å². The number of nitrogen functional groups attached to an aromatic ring is 1. The second-order valence-electron chi connectivity index (χ2n) is 3.87. The van der Waals surface area contributed by atoms with Crippen LogP contribution < -0.4 is 10.6 Å². The summed E-state index contributed by atoms with van der Waals surface area (Å²) in [6.45, 7) is 1.85. The van der Waals surface area contributed by atoms with Gasteiger partial charge in [-0.05, 0) is 19.1 Å². The lowest BCUT2D eigenvalue weighted by Gasteiger charge is -2.27. The number of carboxylic acids is 1. The maximum Gasteiger partial charge on any atom is 0.337 e. The molecule has 1 aromatic rings. The number of nitrogens with two attached hydrogens (primary N) is 1. The molecule has 0 bridgehead atoms. The second kappa shape index (κ2) is 5.21. The number of nitrogens with zero attached hydrogens (tertiary/aromatic N) is 2. The number of nitriles is 1. The smallest absolute Gasteiger partial charge is 0.337 e. The van der Waals surface area contributed by atoms with Crippen molar-refractivity contribution in [3.63, 3.8) is 0 Å². The molecule has 0 saturated carbocycles. The molecule has 0 saturated heterocycles. The molecule has 0 amide bonds. The topological polar surface area (TPSA) is 90.4 Å². The molecular weight excluding hydrogens is 218 g/mol. The Labute approximate surface area is 100 Å². The first-order chi connectivity index (χ1) is 7.99. The van der Waals surface area contributed by atoms with Crippen LogP contribution in [0.15, 0.2) is 18.2 Å². The minimum Gasteiger partial charge on any atom is -0.478 e. The molecule has 0 aromatic heterocycles. The predicted octanol–water partition coefficient (Wildman–Crippen LogP) is 1.71. The van der Waals surface area contributed by atoms with E-state index in [4.69, 9.17) is 16.1 Å². The van der Waals surface area contributed by atoms with Crippen molar-refractivity contribution in [3.05, 3.63) is 23.8 Å². The third kappa shape index (κ3) is 2.67. The lowest BCUT2D eigenvalue weighted by Crippen LogP contribution is -2.30. The number of carboxylic acid groups (broad SMARTS) is 1. The average Bonchev–Trinajstić information content (AvgIpc) is 2.28. The summed E-state index contributed by atoms with van der Waals surface area (Å²) < 4.78 is 0. The van der Waals surface area contributed by atoms with E-state index in [1.807, 2.05) is 6.92 Å². The molecule has 0 radical (unpaired) electrons. The molecule has 5 nitrogen and oxygen atoms in total. The van der Waals surface area contributed by atoms with Crippen molar-refractivity contribution >= 4 is 17.3 Å². The first kappa shape index (κ1) is 12.8. The second-order valence-corrected chi connectivity index (χ2v) is 3.87. The average molecular weight is 233 g/mol. The van der Waals surface area contributed by atoms with Crippen LogP contribution >= 0.6 is 0 Å². The number of hydrogen-bond donors (Lipinski definition) is 2.